The zero-order chi connectivity index (χ0) is 8.69. The Kier molecular flexibility index (Phi) is 8.42. The molecule has 0 saturated carbocycles. The lowest BCUT2D eigenvalue weighted by molar-refractivity contribution is 0.655. The maximum absolute atomic E-state index is 4.44. The van der Waals surface area contributed by atoms with Crippen molar-refractivity contribution in [3.63, 3.8) is 0 Å². The van der Waals surface area contributed by atoms with E-state index in [2.05, 4.69) is 44.8 Å². The second kappa shape index (κ2) is 7.69. The van der Waals surface area contributed by atoms with Crippen LogP contribution in [0.1, 0.15) is 32.6 Å². The molecule has 3 heteroatoms. The van der Waals surface area contributed by atoms with E-state index in [1.54, 1.807) is 0 Å². The highest BCUT2D eigenvalue weighted by molar-refractivity contribution is 7.81. The minimum atomic E-state index is 0.522. The quantitative estimate of drug-likeness (QED) is 0.551. The minimum absolute atomic E-state index is 0.522. The molecule has 0 saturated heterocycles. The third kappa shape index (κ3) is 7.41. The van der Waals surface area contributed by atoms with Gasteiger partial charge in [-0.3, -0.25) is 0 Å². The average Bonchev–Trinajstić information content (AvgIpc) is 2.01. The normalized spacial score (nSPS) is 16.4. The molecule has 2 unspecified atom stereocenters. The predicted octanol–water partition coefficient (Wildman–Crippen LogP) is 3.09. The van der Waals surface area contributed by atoms with Crippen LogP contribution in [0.15, 0.2) is 0 Å². The van der Waals surface area contributed by atoms with Crippen LogP contribution in [0.2, 0.25) is 0 Å². The van der Waals surface area contributed by atoms with Crippen LogP contribution in [0.4, 0.5) is 0 Å². The van der Waals surface area contributed by atoms with Crippen LogP contribution in [0.3, 0.4) is 0 Å². The van der Waals surface area contributed by atoms with Crippen molar-refractivity contribution in [3.8, 4) is 0 Å². The number of thiol groups is 3. The van der Waals surface area contributed by atoms with Gasteiger partial charge in [0.15, 0.2) is 0 Å². The van der Waals surface area contributed by atoms with E-state index in [4.69, 9.17) is 0 Å². The van der Waals surface area contributed by atoms with Crippen LogP contribution < -0.4 is 0 Å². The Morgan fingerprint density at radius 1 is 1.00 bits per heavy atom. The summed E-state index contributed by atoms with van der Waals surface area (Å²) in [5.41, 5.74) is 0. The fourth-order valence-corrected chi connectivity index (χ4v) is 1.82. The van der Waals surface area contributed by atoms with Gasteiger partial charge in [0.05, 0.1) is 0 Å². The Morgan fingerprint density at radius 3 is 2.00 bits per heavy atom. The van der Waals surface area contributed by atoms with Crippen LogP contribution >= 0.6 is 37.9 Å². The summed E-state index contributed by atoms with van der Waals surface area (Å²) in [4.78, 5) is 0. The smallest absolute Gasteiger partial charge is 0.00249 e. The standard InChI is InChI=1S/C8H18S3/c1-2-7(10)3-4-8(11)5-6-9/h7-11H,2-6H2,1H3. The summed E-state index contributed by atoms with van der Waals surface area (Å²) in [6, 6.07) is 0. The molecule has 11 heavy (non-hydrogen) atoms. The third-order valence-corrected chi connectivity index (χ3v) is 3.16. The van der Waals surface area contributed by atoms with Gasteiger partial charge < -0.3 is 0 Å². The van der Waals surface area contributed by atoms with Gasteiger partial charge in [-0.25, -0.2) is 0 Å². The number of hydrogen-bond acceptors (Lipinski definition) is 3. The summed E-state index contributed by atoms with van der Waals surface area (Å²) in [5, 5.41) is 1.08. The summed E-state index contributed by atoms with van der Waals surface area (Å²) in [5.74, 6) is 0.942. The summed E-state index contributed by atoms with van der Waals surface area (Å²) in [6.45, 7) is 2.17. The first kappa shape index (κ1) is 12.0. The Labute approximate surface area is 86.8 Å². The van der Waals surface area contributed by atoms with E-state index < -0.39 is 0 Å². The van der Waals surface area contributed by atoms with Crippen molar-refractivity contribution >= 4 is 37.9 Å². The molecule has 0 N–H and O–H groups in total. The van der Waals surface area contributed by atoms with E-state index in [0.717, 1.165) is 18.6 Å². The molecule has 0 radical (unpaired) electrons. The van der Waals surface area contributed by atoms with Crippen LogP contribution in [0.25, 0.3) is 0 Å². The SMILES string of the molecule is CCC(S)CCC(S)CCS. The molecule has 0 heterocycles. The summed E-state index contributed by atoms with van der Waals surface area (Å²) in [7, 11) is 0. The highest BCUT2D eigenvalue weighted by Gasteiger charge is 2.05. The first-order valence-electron chi connectivity index (χ1n) is 4.17. The molecule has 0 aliphatic heterocycles. The van der Waals surface area contributed by atoms with Crippen LogP contribution in [0.5, 0.6) is 0 Å². The number of hydrogen-bond donors (Lipinski definition) is 3. The number of rotatable bonds is 6. The zero-order valence-corrected chi connectivity index (χ0v) is 9.72. The predicted molar refractivity (Wildman–Crippen MR) is 63.5 cm³/mol. The maximum Gasteiger partial charge on any atom is 0.00249 e. The van der Waals surface area contributed by atoms with Gasteiger partial charge in [0.25, 0.3) is 0 Å². The van der Waals surface area contributed by atoms with Crippen molar-refractivity contribution in [1.82, 2.24) is 0 Å². The Hall–Kier alpha value is 1.05. The monoisotopic (exact) mass is 210 g/mol. The van der Waals surface area contributed by atoms with Crippen molar-refractivity contribution in [2.75, 3.05) is 5.75 Å². The summed E-state index contributed by atoms with van der Waals surface area (Å²) in [6.07, 6.45) is 4.62. The Morgan fingerprint density at radius 2 is 1.55 bits per heavy atom. The summed E-state index contributed by atoms with van der Waals surface area (Å²) >= 11 is 13.0. The van der Waals surface area contributed by atoms with Crippen molar-refractivity contribution in [1.29, 1.82) is 0 Å². The molecule has 0 aromatic rings. The third-order valence-electron chi connectivity index (χ3n) is 1.77. The van der Waals surface area contributed by atoms with Crippen LogP contribution in [0, 0.1) is 0 Å². The highest BCUT2D eigenvalue weighted by atomic mass is 32.1. The molecule has 0 rings (SSSR count). The van der Waals surface area contributed by atoms with Gasteiger partial charge >= 0.3 is 0 Å². The van der Waals surface area contributed by atoms with Gasteiger partial charge in [0, 0.05) is 10.5 Å². The second-order valence-corrected chi connectivity index (χ2v) is 4.71. The van der Waals surface area contributed by atoms with Gasteiger partial charge in [0.1, 0.15) is 0 Å². The maximum atomic E-state index is 4.44. The van der Waals surface area contributed by atoms with Crippen LogP contribution in [-0.4, -0.2) is 16.3 Å². The first-order valence-corrected chi connectivity index (χ1v) is 5.84. The van der Waals surface area contributed by atoms with E-state index in [9.17, 15) is 0 Å². The lowest BCUT2D eigenvalue weighted by Gasteiger charge is -2.11. The molecule has 0 spiro atoms. The molecule has 0 fully saturated rings. The molecule has 68 valence electrons. The van der Waals surface area contributed by atoms with E-state index in [-0.39, 0.29) is 0 Å². The lowest BCUT2D eigenvalue weighted by atomic mass is 10.1. The molecule has 2 atom stereocenters. The molecule has 0 nitrogen and oxygen atoms in total. The van der Waals surface area contributed by atoms with E-state index in [0.29, 0.717) is 10.5 Å². The largest absolute Gasteiger partial charge is 0.179 e. The molecule has 0 aliphatic rings. The zero-order valence-electron chi connectivity index (χ0n) is 7.03. The summed E-state index contributed by atoms with van der Waals surface area (Å²) < 4.78 is 0. The lowest BCUT2D eigenvalue weighted by Crippen LogP contribution is -2.04. The molecule has 0 bridgehead atoms. The van der Waals surface area contributed by atoms with Crippen molar-refractivity contribution in [2.45, 2.75) is 43.1 Å². The minimum Gasteiger partial charge on any atom is -0.179 e. The molecule has 0 amide bonds. The van der Waals surface area contributed by atoms with E-state index in [1.807, 2.05) is 0 Å². The molecular weight excluding hydrogens is 192 g/mol. The van der Waals surface area contributed by atoms with Gasteiger partial charge in [-0.1, -0.05) is 6.92 Å². The van der Waals surface area contributed by atoms with Crippen molar-refractivity contribution in [2.24, 2.45) is 0 Å². The van der Waals surface area contributed by atoms with E-state index >= 15 is 0 Å². The fraction of sp³-hybridized carbons (Fsp3) is 1.00. The van der Waals surface area contributed by atoms with Gasteiger partial charge in [-0.15, -0.1) is 0 Å². The molecular formula is C8H18S3. The van der Waals surface area contributed by atoms with Gasteiger partial charge in [-0.2, -0.15) is 37.9 Å². The molecule has 0 aromatic heterocycles. The average molecular weight is 210 g/mol. The Balaban J connectivity index is 3.22. The van der Waals surface area contributed by atoms with Gasteiger partial charge in [-0.05, 0) is 31.4 Å². The van der Waals surface area contributed by atoms with Crippen LogP contribution in [-0.2, 0) is 0 Å². The Bertz CT molecular complexity index is 85.4. The second-order valence-electron chi connectivity index (χ2n) is 2.81. The topological polar surface area (TPSA) is 0 Å². The van der Waals surface area contributed by atoms with Crippen molar-refractivity contribution in [3.05, 3.63) is 0 Å². The fourth-order valence-electron chi connectivity index (χ4n) is 0.882. The van der Waals surface area contributed by atoms with Crippen molar-refractivity contribution < 1.29 is 0 Å². The highest BCUT2D eigenvalue weighted by Crippen LogP contribution is 2.15. The van der Waals surface area contributed by atoms with E-state index in [1.165, 1.54) is 12.8 Å². The molecule has 0 aliphatic carbocycles. The van der Waals surface area contributed by atoms with Gasteiger partial charge in [0.2, 0.25) is 0 Å². The molecule has 0 aromatic carbocycles. The first-order chi connectivity index (χ1) is 5.20.